The molecule has 0 saturated heterocycles. The van der Waals surface area contributed by atoms with Crippen LogP contribution in [0.3, 0.4) is 0 Å². The summed E-state index contributed by atoms with van der Waals surface area (Å²) in [6.07, 6.45) is 2.07. The van der Waals surface area contributed by atoms with E-state index in [2.05, 4.69) is 22.5 Å². The second-order valence-electron chi connectivity index (χ2n) is 8.83. The summed E-state index contributed by atoms with van der Waals surface area (Å²) in [6, 6.07) is 14.2. The van der Waals surface area contributed by atoms with E-state index in [1.165, 1.54) is 9.91 Å². The molecule has 3 amide bonds. The summed E-state index contributed by atoms with van der Waals surface area (Å²) in [5, 5.41) is 9.82. The van der Waals surface area contributed by atoms with E-state index in [1.54, 1.807) is 25.3 Å². The highest BCUT2D eigenvalue weighted by molar-refractivity contribution is 5.82. The number of nitrogens with one attached hydrogen (secondary N) is 3. The quantitative estimate of drug-likeness (QED) is 0.0360. The van der Waals surface area contributed by atoms with Crippen molar-refractivity contribution in [3.63, 3.8) is 0 Å². The molecule has 7 N–H and O–H groups in total. The third-order valence-electron chi connectivity index (χ3n) is 5.76. The number of hydrogen-bond donors (Lipinski definition) is 5. The average molecular weight is 539 g/mol. The van der Waals surface area contributed by atoms with Crippen LogP contribution >= 0.6 is 0 Å². The number of para-hydroxylation sites is 1. The van der Waals surface area contributed by atoms with Crippen LogP contribution in [0.15, 0.2) is 61.2 Å². The van der Waals surface area contributed by atoms with E-state index in [9.17, 15) is 19.2 Å². The number of carbonyl (C=O) groups excluding carboxylic acids is 4. The summed E-state index contributed by atoms with van der Waals surface area (Å²) in [7, 11) is 1.80. The molecule has 0 aromatic heterocycles. The highest BCUT2D eigenvalue weighted by Gasteiger charge is 2.26. The van der Waals surface area contributed by atoms with Gasteiger partial charge in [-0.05, 0) is 24.2 Å². The lowest BCUT2D eigenvalue weighted by Gasteiger charge is -2.34. The first-order valence-electron chi connectivity index (χ1n) is 12.5. The fourth-order valence-electron chi connectivity index (χ4n) is 3.98. The maximum Gasteiger partial charge on any atom is 0.316 e. The molecular formula is C27H38N8O4. The Morgan fingerprint density at radius 1 is 1.05 bits per heavy atom. The van der Waals surface area contributed by atoms with Crippen molar-refractivity contribution in [1.29, 1.82) is 0 Å². The van der Waals surface area contributed by atoms with E-state index >= 15 is 0 Å². The Hall–Kier alpha value is -4.26. The molecule has 12 nitrogen and oxygen atoms in total. The number of aldehydes is 2. The molecule has 0 aliphatic heterocycles. The predicted octanol–water partition coefficient (Wildman–Crippen LogP) is 0.208. The number of likely N-dealkylation sites (N-methyl/N-ethyl adjacent to an activating group) is 1. The lowest BCUT2D eigenvalue weighted by molar-refractivity contribution is -0.135. The van der Waals surface area contributed by atoms with Gasteiger partial charge in [0.25, 0.3) is 0 Å². The Labute approximate surface area is 228 Å². The molecule has 2 rings (SSSR count). The number of nitrogens with two attached hydrogens (primary N) is 2. The molecule has 0 spiro atoms. The summed E-state index contributed by atoms with van der Waals surface area (Å²) in [4.78, 5) is 51.6. The minimum Gasteiger partial charge on any atom is -0.397 e. The average Bonchev–Trinajstić information content (AvgIpc) is 2.91. The lowest BCUT2D eigenvalue weighted by atomic mass is 10.1. The largest absolute Gasteiger partial charge is 0.397 e. The van der Waals surface area contributed by atoms with Crippen molar-refractivity contribution >= 4 is 35.9 Å². The molecule has 12 heteroatoms. The van der Waals surface area contributed by atoms with Crippen molar-refractivity contribution in [2.24, 2.45) is 5.84 Å². The molecule has 0 saturated carbocycles. The van der Waals surface area contributed by atoms with Crippen LogP contribution in [-0.4, -0.2) is 80.2 Å². The van der Waals surface area contributed by atoms with Crippen LogP contribution in [0.1, 0.15) is 11.1 Å². The van der Waals surface area contributed by atoms with Gasteiger partial charge in [0.15, 0.2) is 0 Å². The Kier molecular flexibility index (Phi) is 13.1. The van der Waals surface area contributed by atoms with Crippen LogP contribution < -0.4 is 32.5 Å². The second-order valence-corrected chi connectivity index (χ2v) is 8.83. The van der Waals surface area contributed by atoms with Crippen molar-refractivity contribution in [1.82, 2.24) is 25.8 Å². The first-order chi connectivity index (χ1) is 18.8. The first-order valence-corrected chi connectivity index (χ1v) is 12.5. The van der Waals surface area contributed by atoms with Crippen LogP contribution in [0.5, 0.6) is 0 Å². The van der Waals surface area contributed by atoms with Gasteiger partial charge in [0.05, 0.1) is 31.0 Å². The van der Waals surface area contributed by atoms with Crippen LogP contribution in [0, 0.1) is 0 Å². The molecule has 0 bridgehead atoms. The maximum absolute atomic E-state index is 13.0. The lowest BCUT2D eigenvalue weighted by Crippen LogP contribution is -2.59. The number of urea groups is 1. The number of hydrazine groups is 1. The van der Waals surface area contributed by atoms with Gasteiger partial charge in [-0.1, -0.05) is 48.5 Å². The molecule has 2 aromatic rings. The van der Waals surface area contributed by atoms with Crippen LogP contribution in [-0.2, 0) is 27.5 Å². The molecule has 0 fully saturated rings. The van der Waals surface area contributed by atoms with E-state index in [0.29, 0.717) is 37.0 Å². The van der Waals surface area contributed by atoms with Crippen LogP contribution in [0.2, 0.25) is 0 Å². The third kappa shape index (κ3) is 10.2. The fraction of sp³-hybridized carbons (Fsp3) is 0.333. The SMILES string of the molecule is C=CCNCC(=O)N(CC=O)[C@H](CN(C)Cc1cccc(N)c1N(N)CC=O)NC(=O)NCc1ccccc1. The molecule has 0 unspecified atom stereocenters. The van der Waals surface area contributed by atoms with Crippen molar-refractivity contribution in [2.75, 3.05) is 50.5 Å². The molecular weight excluding hydrogens is 500 g/mol. The minimum absolute atomic E-state index is 0.0411. The monoisotopic (exact) mass is 538 g/mol. The van der Waals surface area contributed by atoms with Crippen molar-refractivity contribution < 1.29 is 19.2 Å². The van der Waals surface area contributed by atoms with Crippen molar-refractivity contribution in [3.8, 4) is 0 Å². The normalized spacial score (nSPS) is 11.4. The highest BCUT2D eigenvalue weighted by Crippen LogP contribution is 2.27. The predicted molar refractivity (Wildman–Crippen MR) is 151 cm³/mol. The Morgan fingerprint density at radius 2 is 1.77 bits per heavy atom. The van der Waals surface area contributed by atoms with Crippen molar-refractivity contribution in [3.05, 3.63) is 72.3 Å². The Bertz CT molecular complexity index is 1100. The number of benzene rings is 2. The van der Waals surface area contributed by atoms with E-state index < -0.39 is 12.2 Å². The number of nitrogens with zero attached hydrogens (tertiary/aromatic N) is 3. The standard InChI is InChI=1S/C27H38N8O4/c1-3-12-30-18-25(38)34(13-15-36)24(32-27(39)31-17-21-8-5-4-6-9-21)20-33(2)19-22-10-7-11-23(28)26(22)35(29)14-16-37/h3-11,15-16,24,30H,1,12-14,17-20,28-29H2,2H3,(H2,31,32,39)/t24-/m1/s1. The van der Waals surface area contributed by atoms with Gasteiger partial charge in [-0.25, -0.2) is 10.6 Å². The number of amides is 3. The first kappa shape index (κ1) is 31.0. The third-order valence-corrected chi connectivity index (χ3v) is 5.76. The molecule has 210 valence electrons. The number of anilines is 2. The molecule has 39 heavy (non-hydrogen) atoms. The van der Waals surface area contributed by atoms with Gasteiger partial charge >= 0.3 is 6.03 Å². The molecule has 2 aromatic carbocycles. The maximum atomic E-state index is 13.0. The Morgan fingerprint density at radius 3 is 2.44 bits per heavy atom. The molecule has 0 heterocycles. The van der Waals surface area contributed by atoms with E-state index in [1.807, 2.05) is 41.3 Å². The van der Waals surface area contributed by atoms with Gasteiger partial charge in [-0.3, -0.25) is 9.69 Å². The second kappa shape index (κ2) is 16.6. The zero-order chi connectivity index (χ0) is 28.6. The van der Waals surface area contributed by atoms with Gasteiger partial charge in [-0.2, -0.15) is 0 Å². The van der Waals surface area contributed by atoms with E-state index in [4.69, 9.17) is 11.6 Å². The van der Waals surface area contributed by atoms with E-state index in [0.717, 1.165) is 11.1 Å². The van der Waals surface area contributed by atoms with Gasteiger partial charge in [0, 0.05) is 26.2 Å². The summed E-state index contributed by atoms with van der Waals surface area (Å²) >= 11 is 0. The van der Waals surface area contributed by atoms with E-state index in [-0.39, 0.29) is 38.6 Å². The Balaban J connectivity index is 2.23. The summed E-state index contributed by atoms with van der Waals surface area (Å²) in [5.74, 6) is 5.68. The zero-order valence-corrected chi connectivity index (χ0v) is 22.2. The van der Waals surface area contributed by atoms with Crippen LogP contribution in [0.25, 0.3) is 0 Å². The topological polar surface area (TPSA) is 166 Å². The fourth-order valence-corrected chi connectivity index (χ4v) is 3.98. The zero-order valence-electron chi connectivity index (χ0n) is 22.2. The van der Waals surface area contributed by atoms with Gasteiger partial charge in [0.1, 0.15) is 18.7 Å². The molecule has 1 atom stereocenters. The molecule has 0 radical (unpaired) electrons. The number of hydrogen-bond acceptors (Lipinski definition) is 9. The molecule has 0 aliphatic rings. The van der Waals surface area contributed by atoms with Gasteiger partial charge < -0.3 is 41.2 Å². The van der Waals surface area contributed by atoms with Gasteiger partial charge in [0.2, 0.25) is 5.91 Å². The number of rotatable bonds is 17. The smallest absolute Gasteiger partial charge is 0.316 e. The summed E-state index contributed by atoms with van der Waals surface area (Å²) in [5.41, 5.74) is 8.71. The molecule has 0 aliphatic carbocycles. The number of carbonyl (C=O) groups is 4. The van der Waals surface area contributed by atoms with Gasteiger partial charge in [-0.15, -0.1) is 6.58 Å². The van der Waals surface area contributed by atoms with Crippen molar-refractivity contribution in [2.45, 2.75) is 19.3 Å². The number of nitrogen functional groups attached to an aromatic ring is 1. The highest BCUT2D eigenvalue weighted by atomic mass is 16.2. The summed E-state index contributed by atoms with van der Waals surface area (Å²) in [6.45, 7) is 4.51. The van der Waals surface area contributed by atoms with Crippen LogP contribution in [0.4, 0.5) is 16.2 Å². The summed E-state index contributed by atoms with van der Waals surface area (Å²) < 4.78 is 0. The minimum atomic E-state index is -0.845.